The molecule has 0 heterocycles. The number of nitrogens with zero attached hydrogens (tertiary/aromatic N) is 1. The minimum atomic E-state index is -0.351. The Hall–Kier alpha value is -2.55. The van der Waals surface area contributed by atoms with Crippen molar-refractivity contribution < 1.29 is 0 Å². The zero-order valence-electron chi connectivity index (χ0n) is 11.2. The third-order valence-corrected chi connectivity index (χ3v) is 3.21. The van der Waals surface area contributed by atoms with Crippen LogP contribution in [-0.2, 0) is 0 Å². The van der Waals surface area contributed by atoms with Gasteiger partial charge in [0.2, 0.25) is 0 Å². The fraction of sp³-hybridized carbons (Fsp3) is 0.167. The molecule has 2 nitrogen and oxygen atoms in total. The average molecular weight is 260 g/mol. The molecule has 0 aliphatic carbocycles. The second-order valence-corrected chi connectivity index (χ2v) is 4.49. The SMILES string of the molecule is C#CCNC(C#N)C(c1ccccc1)c1ccccc1. The van der Waals surface area contributed by atoms with Crippen molar-refractivity contribution in [2.75, 3.05) is 6.54 Å². The lowest BCUT2D eigenvalue weighted by Gasteiger charge is -2.23. The van der Waals surface area contributed by atoms with Gasteiger partial charge in [-0.05, 0) is 11.1 Å². The Bertz CT molecular complexity index is 566. The summed E-state index contributed by atoms with van der Waals surface area (Å²) in [5.41, 5.74) is 2.21. The van der Waals surface area contributed by atoms with Crippen molar-refractivity contribution in [3.63, 3.8) is 0 Å². The van der Waals surface area contributed by atoms with Gasteiger partial charge in [-0.25, -0.2) is 0 Å². The van der Waals surface area contributed by atoms with Gasteiger partial charge in [-0.3, -0.25) is 5.32 Å². The fourth-order valence-electron chi connectivity index (χ4n) is 2.31. The summed E-state index contributed by atoms with van der Waals surface area (Å²) in [6.45, 7) is 0.383. The highest BCUT2D eigenvalue weighted by molar-refractivity contribution is 5.36. The number of nitrogens with one attached hydrogen (secondary N) is 1. The molecule has 0 saturated carbocycles. The van der Waals surface area contributed by atoms with E-state index in [1.807, 2.05) is 60.7 Å². The molecule has 0 aromatic heterocycles. The maximum Gasteiger partial charge on any atom is 0.107 e. The molecule has 0 amide bonds. The number of rotatable bonds is 5. The normalized spacial score (nSPS) is 11.6. The zero-order valence-corrected chi connectivity index (χ0v) is 11.2. The van der Waals surface area contributed by atoms with Crippen molar-refractivity contribution in [3.05, 3.63) is 71.8 Å². The molecule has 0 radical (unpaired) electrons. The molecule has 0 saturated heterocycles. The van der Waals surface area contributed by atoms with Gasteiger partial charge in [-0.15, -0.1) is 6.42 Å². The topological polar surface area (TPSA) is 35.8 Å². The summed E-state index contributed by atoms with van der Waals surface area (Å²) in [5.74, 6) is 2.50. The summed E-state index contributed by atoms with van der Waals surface area (Å²) in [4.78, 5) is 0. The third kappa shape index (κ3) is 3.26. The molecule has 1 atom stereocenters. The Morgan fingerprint density at radius 2 is 1.45 bits per heavy atom. The highest BCUT2D eigenvalue weighted by Crippen LogP contribution is 2.27. The zero-order chi connectivity index (χ0) is 14.2. The molecular formula is C18H16N2. The second kappa shape index (κ2) is 7.14. The summed E-state index contributed by atoms with van der Waals surface area (Å²) in [5, 5.41) is 12.6. The van der Waals surface area contributed by atoms with E-state index < -0.39 is 0 Å². The average Bonchev–Trinajstić information content (AvgIpc) is 2.53. The van der Waals surface area contributed by atoms with Crippen molar-refractivity contribution in [2.24, 2.45) is 0 Å². The predicted molar refractivity (Wildman–Crippen MR) is 81.0 cm³/mol. The van der Waals surface area contributed by atoms with Crippen LogP contribution >= 0.6 is 0 Å². The molecule has 1 N–H and O–H groups in total. The molecule has 0 aliphatic rings. The highest BCUT2D eigenvalue weighted by atomic mass is 14.9. The van der Waals surface area contributed by atoms with Crippen molar-refractivity contribution in [2.45, 2.75) is 12.0 Å². The number of hydrogen-bond acceptors (Lipinski definition) is 2. The maximum absolute atomic E-state index is 9.46. The van der Waals surface area contributed by atoms with Crippen molar-refractivity contribution >= 4 is 0 Å². The molecule has 20 heavy (non-hydrogen) atoms. The van der Waals surface area contributed by atoms with Crippen molar-refractivity contribution in [1.29, 1.82) is 5.26 Å². The van der Waals surface area contributed by atoms with E-state index in [-0.39, 0.29) is 12.0 Å². The molecular weight excluding hydrogens is 244 g/mol. The monoisotopic (exact) mass is 260 g/mol. The molecule has 2 heteroatoms. The van der Waals surface area contributed by atoms with Crippen LogP contribution in [0.15, 0.2) is 60.7 Å². The van der Waals surface area contributed by atoms with Crippen LogP contribution in [0.2, 0.25) is 0 Å². The van der Waals surface area contributed by atoms with E-state index in [0.717, 1.165) is 11.1 Å². The van der Waals surface area contributed by atoms with E-state index in [4.69, 9.17) is 6.42 Å². The first kappa shape index (κ1) is 13.9. The molecule has 0 fully saturated rings. The van der Waals surface area contributed by atoms with Crippen molar-refractivity contribution in [3.8, 4) is 18.4 Å². The van der Waals surface area contributed by atoms with E-state index in [1.54, 1.807) is 0 Å². The van der Waals surface area contributed by atoms with E-state index in [0.29, 0.717) is 6.54 Å². The van der Waals surface area contributed by atoms with Gasteiger partial charge in [0.25, 0.3) is 0 Å². The molecule has 2 rings (SSSR count). The first-order valence-corrected chi connectivity index (χ1v) is 6.53. The van der Waals surface area contributed by atoms with Gasteiger partial charge in [-0.1, -0.05) is 66.6 Å². The Balaban J connectivity index is 2.40. The van der Waals surface area contributed by atoms with E-state index in [9.17, 15) is 5.26 Å². The highest BCUT2D eigenvalue weighted by Gasteiger charge is 2.23. The molecule has 1 unspecified atom stereocenters. The quantitative estimate of drug-likeness (QED) is 0.839. The van der Waals surface area contributed by atoms with Crippen LogP contribution in [0.4, 0.5) is 0 Å². The lowest BCUT2D eigenvalue weighted by atomic mass is 9.85. The lowest BCUT2D eigenvalue weighted by molar-refractivity contribution is 0.585. The summed E-state index contributed by atoms with van der Waals surface area (Å²) in [6.07, 6.45) is 5.29. The van der Waals surface area contributed by atoms with Gasteiger partial charge >= 0.3 is 0 Å². The van der Waals surface area contributed by atoms with Gasteiger partial charge in [-0.2, -0.15) is 5.26 Å². The first-order valence-electron chi connectivity index (χ1n) is 6.53. The van der Waals surface area contributed by atoms with E-state index >= 15 is 0 Å². The summed E-state index contributed by atoms with van der Waals surface area (Å²) in [6, 6.07) is 22.0. The summed E-state index contributed by atoms with van der Waals surface area (Å²) >= 11 is 0. The molecule has 98 valence electrons. The Kier molecular flexibility index (Phi) is 4.95. The van der Waals surface area contributed by atoms with Gasteiger partial charge in [0.15, 0.2) is 0 Å². The standard InChI is InChI=1S/C18H16N2/c1-2-13-20-17(14-19)18(15-9-5-3-6-10-15)16-11-7-4-8-12-16/h1,3-12,17-18,20H,13H2. The Labute approximate surface area is 120 Å². The van der Waals surface area contributed by atoms with E-state index in [1.165, 1.54) is 0 Å². The lowest BCUT2D eigenvalue weighted by Crippen LogP contribution is -2.34. The van der Waals surface area contributed by atoms with Gasteiger partial charge in [0.05, 0.1) is 12.6 Å². The summed E-state index contributed by atoms with van der Waals surface area (Å²) in [7, 11) is 0. The summed E-state index contributed by atoms with van der Waals surface area (Å²) < 4.78 is 0. The molecule has 2 aromatic rings. The third-order valence-electron chi connectivity index (χ3n) is 3.21. The number of terminal acetylenes is 1. The van der Waals surface area contributed by atoms with Crippen molar-refractivity contribution in [1.82, 2.24) is 5.32 Å². The van der Waals surface area contributed by atoms with Crippen LogP contribution in [0.25, 0.3) is 0 Å². The molecule has 0 aliphatic heterocycles. The first-order chi connectivity index (χ1) is 9.86. The van der Waals surface area contributed by atoms with Crippen LogP contribution < -0.4 is 5.32 Å². The number of hydrogen-bond donors (Lipinski definition) is 1. The molecule has 2 aromatic carbocycles. The minimum absolute atomic E-state index is 0.0317. The Morgan fingerprint density at radius 3 is 1.85 bits per heavy atom. The second-order valence-electron chi connectivity index (χ2n) is 4.49. The smallest absolute Gasteiger partial charge is 0.107 e. The molecule has 0 spiro atoms. The van der Waals surface area contributed by atoms with E-state index in [2.05, 4.69) is 17.3 Å². The fourth-order valence-corrected chi connectivity index (χ4v) is 2.31. The minimum Gasteiger partial charge on any atom is -0.290 e. The largest absolute Gasteiger partial charge is 0.290 e. The Morgan fingerprint density at radius 1 is 0.950 bits per heavy atom. The molecule has 0 bridgehead atoms. The number of nitriles is 1. The number of benzene rings is 2. The van der Waals surface area contributed by atoms with Crippen LogP contribution in [0, 0.1) is 23.7 Å². The van der Waals surface area contributed by atoms with Crippen LogP contribution in [-0.4, -0.2) is 12.6 Å². The van der Waals surface area contributed by atoms with Crippen LogP contribution in [0.3, 0.4) is 0 Å². The van der Waals surface area contributed by atoms with Gasteiger partial charge in [0, 0.05) is 5.92 Å². The predicted octanol–water partition coefficient (Wildman–Crippen LogP) is 2.93. The van der Waals surface area contributed by atoms with Gasteiger partial charge in [0.1, 0.15) is 6.04 Å². The van der Waals surface area contributed by atoms with Crippen LogP contribution in [0.1, 0.15) is 17.0 Å². The maximum atomic E-state index is 9.46. The van der Waals surface area contributed by atoms with Crippen LogP contribution in [0.5, 0.6) is 0 Å². The van der Waals surface area contributed by atoms with Gasteiger partial charge < -0.3 is 0 Å².